The molecule has 1 atom stereocenters. The van der Waals surface area contributed by atoms with Gasteiger partial charge in [-0.3, -0.25) is 15.1 Å². The number of para-hydroxylation sites is 1. The summed E-state index contributed by atoms with van der Waals surface area (Å²) in [5.74, 6) is -0.0209. The van der Waals surface area contributed by atoms with Crippen molar-refractivity contribution in [3.05, 3.63) is 82.9 Å². The molecular formula is C21H18N4O3S. The predicted octanol–water partition coefficient (Wildman–Crippen LogP) is 1.54. The van der Waals surface area contributed by atoms with Crippen molar-refractivity contribution in [2.24, 2.45) is 10.1 Å². The van der Waals surface area contributed by atoms with E-state index in [0.717, 1.165) is 10.8 Å². The van der Waals surface area contributed by atoms with E-state index in [-0.39, 0.29) is 5.91 Å². The van der Waals surface area contributed by atoms with Crippen LogP contribution in [0.3, 0.4) is 0 Å². The molecule has 1 amide bonds. The zero-order valence-electron chi connectivity index (χ0n) is 15.7. The van der Waals surface area contributed by atoms with Crippen LogP contribution in [0.4, 0.5) is 0 Å². The van der Waals surface area contributed by atoms with E-state index in [4.69, 9.17) is 9.73 Å². The van der Waals surface area contributed by atoms with Gasteiger partial charge in [0.2, 0.25) is 0 Å². The van der Waals surface area contributed by atoms with Gasteiger partial charge in [0.15, 0.2) is 11.3 Å². The highest BCUT2D eigenvalue weighted by Crippen LogP contribution is 2.30. The van der Waals surface area contributed by atoms with Crippen LogP contribution in [0.5, 0.6) is 0 Å². The van der Waals surface area contributed by atoms with Gasteiger partial charge < -0.3 is 4.74 Å². The second kappa shape index (κ2) is 7.92. The number of nitrogens with zero attached hydrogens (tertiary/aromatic N) is 3. The van der Waals surface area contributed by atoms with Crippen LogP contribution in [-0.4, -0.2) is 34.9 Å². The van der Waals surface area contributed by atoms with Crippen LogP contribution in [0.2, 0.25) is 0 Å². The molecule has 8 heteroatoms. The number of methoxy groups -OCH3 is 1. The molecule has 0 unspecified atom stereocenters. The second-order valence-corrected chi connectivity index (χ2v) is 7.29. The Kier molecular flexibility index (Phi) is 5.18. The van der Waals surface area contributed by atoms with E-state index in [1.807, 2.05) is 24.3 Å². The zero-order valence-corrected chi connectivity index (χ0v) is 16.5. The molecule has 29 heavy (non-hydrogen) atoms. The Morgan fingerprint density at radius 1 is 1.28 bits per heavy atom. The number of carbonyl (C=O) groups is 2. The molecule has 7 nitrogen and oxygen atoms in total. The van der Waals surface area contributed by atoms with Gasteiger partial charge in [0, 0.05) is 11.0 Å². The third-order valence-corrected chi connectivity index (χ3v) is 5.34. The summed E-state index contributed by atoms with van der Waals surface area (Å²) in [5, 5.41) is 11.0. The first kappa shape index (κ1) is 18.9. The van der Waals surface area contributed by atoms with Gasteiger partial charge in [-0.15, -0.1) is 11.7 Å². The molecule has 2 heterocycles. The van der Waals surface area contributed by atoms with E-state index in [0.29, 0.717) is 27.5 Å². The van der Waals surface area contributed by atoms with Gasteiger partial charge in [-0.25, -0.2) is 9.80 Å². The lowest BCUT2D eigenvalue weighted by Crippen LogP contribution is -2.50. The van der Waals surface area contributed by atoms with Gasteiger partial charge in [-0.05, 0) is 23.8 Å². The number of carbonyl (C=O) groups excluding carboxylic acids is 2. The largest absolute Gasteiger partial charge is 0.465 e. The standard InChI is InChI=1S/C21H18N4O3S/c1-3-12-29-21-23-19(26)17-15-6-4-5-7-16(15)22-18(25(17)24-21)13-8-10-14(11-9-13)20(27)28-2/h3-11,18H,1,12H2,2H3,(H,23,24,26)/t18-/m0/s1. The molecule has 1 N–H and O–H groups in total. The summed E-state index contributed by atoms with van der Waals surface area (Å²) < 4.78 is 4.76. The maximum absolute atomic E-state index is 12.9. The van der Waals surface area contributed by atoms with Crippen molar-refractivity contribution in [3.8, 4) is 0 Å². The highest BCUT2D eigenvalue weighted by atomic mass is 32.2. The minimum atomic E-state index is -0.531. The van der Waals surface area contributed by atoms with Gasteiger partial charge >= 0.3 is 5.97 Å². The fourth-order valence-corrected chi connectivity index (χ4v) is 3.74. The topological polar surface area (TPSA) is 83.4 Å². The third-order valence-electron chi connectivity index (χ3n) is 4.48. The van der Waals surface area contributed by atoms with Crippen molar-refractivity contribution in [3.63, 3.8) is 0 Å². The van der Waals surface area contributed by atoms with Crippen molar-refractivity contribution in [2.75, 3.05) is 12.9 Å². The third kappa shape index (κ3) is 3.54. The Balaban J connectivity index is 1.83. The van der Waals surface area contributed by atoms with E-state index in [2.05, 4.69) is 17.0 Å². The Labute approximate surface area is 171 Å². The van der Waals surface area contributed by atoms with Gasteiger partial charge in [-0.2, -0.15) is 0 Å². The van der Waals surface area contributed by atoms with Gasteiger partial charge in [0.25, 0.3) is 5.91 Å². The van der Waals surface area contributed by atoms with Gasteiger partial charge in [0.05, 0.1) is 18.0 Å². The first-order chi connectivity index (χ1) is 14.1. The zero-order chi connectivity index (χ0) is 20.4. The van der Waals surface area contributed by atoms with Crippen LogP contribution >= 0.6 is 11.8 Å². The molecule has 0 spiro atoms. The summed E-state index contributed by atoms with van der Waals surface area (Å²) in [7, 11) is 1.34. The van der Waals surface area contributed by atoms with Crippen molar-refractivity contribution < 1.29 is 14.3 Å². The molecule has 146 valence electrons. The van der Waals surface area contributed by atoms with E-state index in [1.54, 1.807) is 35.4 Å². The molecule has 0 radical (unpaired) electrons. The number of benzene rings is 2. The molecule has 2 aliphatic heterocycles. The molecule has 2 aromatic rings. The average Bonchev–Trinajstić information content (AvgIpc) is 2.76. The van der Waals surface area contributed by atoms with Crippen molar-refractivity contribution in [1.82, 2.24) is 10.3 Å². The molecule has 0 aliphatic carbocycles. The lowest BCUT2D eigenvalue weighted by atomic mass is 10.1. The number of thioether (sulfide) groups is 1. The molecule has 0 aromatic heterocycles. The second-order valence-electron chi connectivity index (χ2n) is 6.29. The van der Waals surface area contributed by atoms with Crippen molar-refractivity contribution >= 4 is 34.5 Å². The van der Waals surface area contributed by atoms with Crippen LogP contribution in [0.15, 0.2) is 71.3 Å². The van der Waals surface area contributed by atoms with E-state index >= 15 is 0 Å². The van der Waals surface area contributed by atoms with Crippen LogP contribution in [0.25, 0.3) is 5.70 Å². The Morgan fingerprint density at radius 2 is 2.03 bits per heavy atom. The number of amides is 1. The molecule has 0 saturated carbocycles. The fourth-order valence-electron chi connectivity index (χ4n) is 3.16. The predicted molar refractivity (Wildman–Crippen MR) is 111 cm³/mol. The molecular weight excluding hydrogens is 388 g/mol. The number of hydrazone groups is 1. The van der Waals surface area contributed by atoms with Crippen LogP contribution in [0.1, 0.15) is 22.1 Å². The molecule has 2 aromatic carbocycles. The Hall–Kier alpha value is -3.39. The maximum Gasteiger partial charge on any atom is 0.337 e. The summed E-state index contributed by atoms with van der Waals surface area (Å²) >= 11 is 1.39. The van der Waals surface area contributed by atoms with Gasteiger partial charge in [-0.1, -0.05) is 48.2 Å². The van der Waals surface area contributed by atoms with Crippen LogP contribution < -0.4 is 15.9 Å². The van der Waals surface area contributed by atoms with E-state index < -0.39 is 12.1 Å². The molecule has 0 saturated heterocycles. The van der Waals surface area contributed by atoms with Crippen LogP contribution in [-0.2, 0) is 9.53 Å². The number of fused-ring (bicyclic) bond motifs is 2. The fraction of sp³-hybridized carbons (Fsp3) is 0.143. The number of hydrogen-bond donors (Lipinski definition) is 1. The Bertz CT molecular complexity index is 1140. The first-order valence-corrected chi connectivity index (χ1v) is 9.89. The van der Waals surface area contributed by atoms with Gasteiger partial charge in [0.1, 0.15) is 5.70 Å². The average molecular weight is 406 g/mol. The molecule has 4 rings (SSSR count). The maximum atomic E-state index is 12.9. The molecule has 2 aliphatic rings. The molecule has 0 fully saturated rings. The highest BCUT2D eigenvalue weighted by molar-refractivity contribution is 8.14. The minimum Gasteiger partial charge on any atom is -0.465 e. The Morgan fingerprint density at radius 3 is 2.76 bits per heavy atom. The smallest absolute Gasteiger partial charge is 0.337 e. The normalized spacial score (nSPS) is 17.3. The number of ether oxygens (including phenoxy) is 1. The minimum absolute atomic E-state index is 0.231. The van der Waals surface area contributed by atoms with Crippen molar-refractivity contribution in [1.29, 1.82) is 0 Å². The summed E-state index contributed by atoms with van der Waals surface area (Å²) in [6.45, 7) is 3.70. The number of amidine groups is 1. The van der Waals surface area contributed by atoms with Crippen molar-refractivity contribution in [2.45, 2.75) is 6.17 Å². The van der Waals surface area contributed by atoms with E-state index in [9.17, 15) is 9.59 Å². The number of nitrogens with one attached hydrogen (secondary N) is 1. The highest BCUT2D eigenvalue weighted by Gasteiger charge is 2.34. The summed E-state index contributed by atoms with van der Waals surface area (Å²) in [5.41, 5.74) is 1.69. The summed E-state index contributed by atoms with van der Waals surface area (Å²) in [6.07, 6.45) is 1.22. The lowest BCUT2D eigenvalue weighted by Gasteiger charge is -2.34. The number of hydrogen-bond acceptors (Lipinski definition) is 7. The number of esters is 1. The summed E-state index contributed by atoms with van der Waals surface area (Å²) in [6, 6.07) is 14.4. The SMILES string of the molecule is C=CCSC1=NN2C(=c3ccccc3=N[C@@H]2c2ccc(C(=O)OC)cc2)C(=O)N1. The first-order valence-electron chi connectivity index (χ1n) is 8.90. The summed E-state index contributed by atoms with van der Waals surface area (Å²) in [4.78, 5) is 29.5. The lowest BCUT2D eigenvalue weighted by molar-refractivity contribution is -0.116. The molecule has 0 bridgehead atoms. The number of rotatable bonds is 4. The van der Waals surface area contributed by atoms with E-state index in [1.165, 1.54) is 18.9 Å². The quantitative estimate of drug-likeness (QED) is 0.615. The monoisotopic (exact) mass is 406 g/mol. The van der Waals surface area contributed by atoms with Crippen LogP contribution in [0, 0.1) is 0 Å².